The number of amides is 1. The van der Waals surface area contributed by atoms with Gasteiger partial charge in [0.05, 0.1) is 0 Å². The zero-order chi connectivity index (χ0) is 12.1. The van der Waals surface area contributed by atoms with E-state index in [4.69, 9.17) is 6.42 Å². The lowest BCUT2D eigenvalue weighted by Crippen LogP contribution is -2.22. The lowest BCUT2D eigenvalue weighted by Gasteiger charge is -2.02. The van der Waals surface area contributed by atoms with Crippen LogP contribution in [0.15, 0.2) is 0 Å². The zero-order valence-electron chi connectivity index (χ0n) is 10.6. The van der Waals surface area contributed by atoms with Crippen LogP contribution in [0.4, 0.5) is 0 Å². The first-order chi connectivity index (χ1) is 7.81. The van der Waals surface area contributed by atoms with Crippen molar-refractivity contribution in [2.75, 3.05) is 6.54 Å². The summed E-state index contributed by atoms with van der Waals surface area (Å²) in [4.78, 5) is 10.7. The van der Waals surface area contributed by atoms with Crippen LogP contribution in [0.2, 0.25) is 0 Å². The van der Waals surface area contributed by atoms with Crippen molar-refractivity contribution in [1.29, 1.82) is 0 Å². The lowest BCUT2D eigenvalue weighted by molar-refractivity contribution is -0.115. The van der Waals surface area contributed by atoms with Crippen LogP contribution in [0.1, 0.15) is 64.7 Å². The highest BCUT2D eigenvalue weighted by molar-refractivity contribution is 5.92. The minimum atomic E-state index is -0.292. The van der Waals surface area contributed by atoms with Crippen LogP contribution in [-0.2, 0) is 4.79 Å². The molecule has 0 aromatic carbocycles. The number of terminal acetylenes is 1. The van der Waals surface area contributed by atoms with Crippen LogP contribution in [0.3, 0.4) is 0 Å². The smallest absolute Gasteiger partial charge is 0.295 e. The number of carbonyl (C=O) groups is 1. The normalized spacial score (nSPS) is 9.75. The van der Waals surface area contributed by atoms with Gasteiger partial charge in [-0.05, 0) is 12.3 Å². The van der Waals surface area contributed by atoms with Gasteiger partial charge in [0.15, 0.2) is 0 Å². The number of carbonyl (C=O) groups excluding carboxylic acids is 1. The third kappa shape index (κ3) is 11.1. The first kappa shape index (κ1) is 15.0. The molecule has 0 aromatic heterocycles. The van der Waals surface area contributed by atoms with Gasteiger partial charge in [0.2, 0.25) is 0 Å². The Morgan fingerprint density at radius 3 is 2.00 bits per heavy atom. The number of unbranched alkanes of at least 4 members (excludes halogenated alkanes) is 8. The van der Waals surface area contributed by atoms with Crippen molar-refractivity contribution in [1.82, 2.24) is 5.32 Å². The van der Waals surface area contributed by atoms with Gasteiger partial charge in [-0.3, -0.25) is 4.79 Å². The van der Waals surface area contributed by atoms with E-state index in [1.54, 1.807) is 0 Å². The van der Waals surface area contributed by atoms with Crippen LogP contribution >= 0.6 is 0 Å². The van der Waals surface area contributed by atoms with E-state index in [0.717, 1.165) is 13.0 Å². The highest BCUT2D eigenvalue weighted by Gasteiger charge is 1.94. The summed E-state index contributed by atoms with van der Waals surface area (Å²) in [7, 11) is 0. The van der Waals surface area contributed by atoms with Gasteiger partial charge in [-0.2, -0.15) is 0 Å². The molecule has 92 valence electrons. The third-order valence-electron chi connectivity index (χ3n) is 2.70. The van der Waals surface area contributed by atoms with E-state index in [0.29, 0.717) is 0 Å². The predicted octanol–water partition coefficient (Wildman–Crippen LogP) is 3.27. The van der Waals surface area contributed by atoms with Crippen LogP contribution in [0.5, 0.6) is 0 Å². The monoisotopic (exact) mass is 223 g/mol. The first-order valence-electron chi connectivity index (χ1n) is 6.55. The second-order valence-corrected chi connectivity index (χ2v) is 4.23. The summed E-state index contributed by atoms with van der Waals surface area (Å²) in [5, 5.41) is 2.68. The van der Waals surface area contributed by atoms with Crippen molar-refractivity contribution >= 4 is 5.91 Å². The number of hydrogen-bond donors (Lipinski definition) is 1. The molecule has 0 saturated carbocycles. The first-order valence-corrected chi connectivity index (χ1v) is 6.55. The number of hydrogen-bond acceptors (Lipinski definition) is 1. The Bertz CT molecular complexity index is 205. The largest absolute Gasteiger partial charge is 0.345 e. The highest BCUT2D eigenvalue weighted by atomic mass is 16.1. The van der Waals surface area contributed by atoms with E-state index in [9.17, 15) is 4.79 Å². The summed E-state index contributed by atoms with van der Waals surface area (Å²) in [5.41, 5.74) is 0. The molecule has 2 heteroatoms. The molecule has 0 spiro atoms. The topological polar surface area (TPSA) is 29.1 Å². The van der Waals surface area contributed by atoms with Gasteiger partial charge in [-0.1, -0.05) is 58.3 Å². The van der Waals surface area contributed by atoms with Crippen molar-refractivity contribution in [2.24, 2.45) is 0 Å². The quantitative estimate of drug-likeness (QED) is 0.447. The summed E-state index contributed by atoms with van der Waals surface area (Å²) >= 11 is 0. The molecule has 0 aliphatic carbocycles. The number of nitrogens with one attached hydrogen (secondary N) is 1. The summed E-state index contributed by atoms with van der Waals surface area (Å²) in [6.45, 7) is 2.96. The maximum absolute atomic E-state index is 10.7. The van der Waals surface area contributed by atoms with E-state index in [2.05, 4.69) is 12.2 Å². The molecule has 1 amide bonds. The Morgan fingerprint density at radius 2 is 1.50 bits per heavy atom. The molecule has 0 radical (unpaired) electrons. The number of rotatable bonds is 10. The molecule has 0 aliphatic heterocycles. The fourth-order valence-electron chi connectivity index (χ4n) is 1.69. The fourth-order valence-corrected chi connectivity index (χ4v) is 1.69. The lowest BCUT2D eigenvalue weighted by atomic mass is 10.1. The molecule has 0 rings (SSSR count). The summed E-state index contributed by atoms with van der Waals surface area (Å²) in [5.74, 6) is 1.75. The molecule has 0 heterocycles. The zero-order valence-corrected chi connectivity index (χ0v) is 10.6. The molecule has 0 unspecified atom stereocenters. The molecule has 0 aliphatic rings. The molecule has 0 bridgehead atoms. The van der Waals surface area contributed by atoms with Crippen molar-refractivity contribution in [3.05, 3.63) is 0 Å². The second kappa shape index (κ2) is 12.1. The van der Waals surface area contributed by atoms with Gasteiger partial charge >= 0.3 is 0 Å². The van der Waals surface area contributed by atoms with Gasteiger partial charge < -0.3 is 5.32 Å². The van der Waals surface area contributed by atoms with Crippen LogP contribution in [-0.4, -0.2) is 12.5 Å². The Hall–Kier alpha value is -0.970. The van der Waals surface area contributed by atoms with Crippen LogP contribution in [0.25, 0.3) is 0 Å². The van der Waals surface area contributed by atoms with Gasteiger partial charge in [-0.25, -0.2) is 0 Å². The van der Waals surface area contributed by atoms with Gasteiger partial charge in [-0.15, -0.1) is 6.42 Å². The van der Waals surface area contributed by atoms with E-state index in [1.807, 2.05) is 5.92 Å². The van der Waals surface area contributed by atoms with Crippen molar-refractivity contribution in [3.8, 4) is 12.3 Å². The Balaban J connectivity index is 2.99. The predicted molar refractivity (Wildman–Crippen MR) is 69.1 cm³/mol. The molecule has 1 N–H and O–H groups in total. The standard InChI is InChI=1S/C14H25NO/c1-3-5-6-7-8-9-10-11-12-13-15-14(16)4-2/h2H,3,5-13H2,1H3,(H,15,16). The van der Waals surface area contributed by atoms with E-state index < -0.39 is 0 Å². The fraction of sp³-hybridized carbons (Fsp3) is 0.786. The van der Waals surface area contributed by atoms with Crippen LogP contribution in [0, 0.1) is 12.3 Å². The van der Waals surface area contributed by atoms with Gasteiger partial charge in [0.1, 0.15) is 0 Å². The Labute approximate surface area is 100 Å². The second-order valence-electron chi connectivity index (χ2n) is 4.23. The average Bonchev–Trinajstić information content (AvgIpc) is 2.31. The summed E-state index contributed by atoms with van der Waals surface area (Å²) < 4.78 is 0. The SMILES string of the molecule is C#CC(=O)NCCCCCCCCCCC. The van der Waals surface area contributed by atoms with E-state index in [1.165, 1.54) is 51.4 Å². The van der Waals surface area contributed by atoms with Gasteiger partial charge in [0, 0.05) is 6.54 Å². The van der Waals surface area contributed by atoms with Crippen molar-refractivity contribution in [3.63, 3.8) is 0 Å². The van der Waals surface area contributed by atoms with Crippen molar-refractivity contribution < 1.29 is 4.79 Å². The van der Waals surface area contributed by atoms with E-state index >= 15 is 0 Å². The molecule has 0 fully saturated rings. The molecular weight excluding hydrogens is 198 g/mol. The molecule has 0 aromatic rings. The molecule has 0 atom stereocenters. The van der Waals surface area contributed by atoms with E-state index in [-0.39, 0.29) is 5.91 Å². The van der Waals surface area contributed by atoms with Crippen LogP contribution < -0.4 is 5.32 Å². The minimum Gasteiger partial charge on any atom is -0.345 e. The minimum absolute atomic E-state index is 0.292. The molecule has 16 heavy (non-hydrogen) atoms. The molecule has 2 nitrogen and oxygen atoms in total. The van der Waals surface area contributed by atoms with Gasteiger partial charge in [0.25, 0.3) is 5.91 Å². The Kier molecular flexibility index (Phi) is 11.4. The Morgan fingerprint density at radius 1 is 1.00 bits per heavy atom. The summed E-state index contributed by atoms with van der Waals surface area (Å²) in [6, 6.07) is 0. The maximum Gasteiger partial charge on any atom is 0.295 e. The van der Waals surface area contributed by atoms with Crippen molar-refractivity contribution in [2.45, 2.75) is 64.7 Å². The molecule has 0 saturated heterocycles. The maximum atomic E-state index is 10.7. The summed E-state index contributed by atoms with van der Waals surface area (Å²) in [6.07, 6.45) is 16.6. The average molecular weight is 223 g/mol. The third-order valence-corrected chi connectivity index (χ3v) is 2.70. The molecular formula is C14H25NO. The highest BCUT2D eigenvalue weighted by Crippen LogP contribution is 2.08.